The van der Waals surface area contributed by atoms with E-state index in [1.807, 2.05) is 4.90 Å². The molecule has 1 aliphatic rings. The van der Waals surface area contributed by atoms with E-state index in [1.54, 1.807) is 18.2 Å². The van der Waals surface area contributed by atoms with E-state index in [1.165, 1.54) is 6.07 Å². The molecule has 1 aromatic carbocycles. The van der Waals surface area contributed by atoms with Gasteiger partial charge in [0, 0.05) is 24.7 Å². The van der Waals surface area contributed by atoms with Crippen LogP contribution in [0.25, 0.3) is 0 Å². The maximum atomic E-state index is 13.8. The Labute approximate surface area is 142 Å². The summed E-state index contributed by atoms with van der Waals surface area (Å²) < 4.78 is 13.8. The molecule has 0 atom stereocenters. The second kappa shape index (κ2) is 8.78. The fourth-order valence-electron chi connectivity index (χ4n) is 2.47. The van der Waals surface area contributed by atoms with E-state index < -0.39 is 6.03 Å². The zero-order chi connectivity index (χ0) is 17.5. The zero-order valence-electron chi connectivity index (χ0n) is 14.3. The predicted octanol–water partition coefficient (Wildman–Crippen LogP) is 2.66. The Bertz CT molecular complexity index is 573. The first-order valence-corrected chi connectivity index (χ1v) is 8.51. The van der Waals surface area contributed by atoms with E-state index >= 15 is 0 Å². The number of hydrogen-bond acceptors (Lipinski definition) is 3. The Morgan fingerprint density at radius 3 is 2.62 bits per heavy atom. The highest BCUT2D eigenvalue weighted by Crippen LogP contribution is 2.28. The lowest BCUT2D eigenvalue weighted by atomic mass is 10.1. The molecule has 132 valence electrons. The zero-order valence-corrected chi connectivity index (χ0v) is 14.3. The summed E-state index contributed by atoms with van der Waals surface area (Å²) in [5.41, 5.74) is 0.568. The summed E-state index contributed by atoms with van der Waals surface area (Å²) in [5.74, 6) is -0.137. The molecule has 0 unspecified atom stereocenters. The fourth-order valence-corrected chi connectivity index (χ4v) is 2.47. The molecule has 0 radical (unpaired) electrons. The molecular weight excluding hydrogens is 309 g/mol. The summed E-state index contributed by atoms with van der Waals surface area (Å²) in [6.07, 6.45) is 2.87. The lowest BCUT2D eigenvalue weighted by Crippen LogP contribution is -2.45. The molecule has 3 amide bonds. The van der Waals surface area contributed by atoms with Crippen LogP contribution >= 0.6 is 0 Å². The second-order valence-electron chi connectivity index (χ2n) is 6.71. The molecule has 1 saturated carbocycles. The van der Waals surface area contributed by atoms with Gasteiger partial charge in [0.25, 0.3) is 0 Å². The van der Waals surface area contributed by atoms with Gasteiger partial charge in [-0.3, -0.25) is 15.0 Å². The van der Waals surface area contributed by atoms with Crippen molar-refractivity contribution < 1.29 is 14.0 Å². The largest absolute Gasteiger partial charge is 0.338 e. The first kappa shape index (κ1) is 18.4. The van der Waals surface area contributed by atoms with Gasteiger partial charge in [-0.05, 0) is 31.2 Å². The molecule has 0 bridgehead atoms. The topological polar surface area (TPSA) is 61.4 Å². The van der Waals surface area contributed by atoms with Crippen molar-refractivity contribution in [2.24, 2.45) is 5.92 Å². The number of carbonyl (C=O) groups excluding carboxylic acids is 2. The third kappa shape index (κ3) is 6.28. The van der Waals surface area contributed by atoms with Gasteiger partial charge in [-0.15, -0.1) is 0 Å². The number of benzene rings is 1. The highest BCUT2D eigenvalue weighted by atomic mass is 19.1. The van der Waals surface area contributed by atoms with Gasteiger partial charge >= 0.3 is 6.03 Å². The standard InChI is InChI=1S/C18H26FN3O2/c1-13(2)9-10-20-18(24)21-17(23)12-22(15-7-8-15)11-14-5-3-4-6-16(14)19/h3-6,13,15H,7-12H2,1-2H3,(H2,20,21,23,24). The summed E-state index contributed by atoms with van der Waals surface area (Å²) in [7, 11) is 0. The highest BCUT2D eigenvalue weighted by molar-refractivity contribution is 5.95. The van der Waals surface area contributed by atoms with Crippen molar-refractivity contribution >= 4 is 11.9 Å². The number of halogens is 1. The van der Waals surface area contributed by atoms with Gasteiger partial charge in [0.2, 0.25) is 5.91 Å². The number of imide groups is 1. The third-order valence-corrected chi connectivity index (χ3v) is 4.00. The summed E-state index contributed by atoms with van der Waals surface area (Å²) in [4.78, 5) is 25.7. The Hall–Kier alpha value is -1.95. The van der Waals surface area contributed by atoms with E-state index in [9.17, 15) is 14.0 Å². The van der Waals surface area contributed by atoms with E-state index in [0.717, 1.165) is 19.3 Å². The molecule has 6 heteroatoms. The summed E-state index contributed by atoms with van der Waals surface area (Å²) >= 11 is 0. The number of hydrogen-bond donors (Lipinski definition) is 2. The maximum Gasteiger partial charge on any atom is 0.321 e. The second-order valence-corrected chi connectivity index (χ2v) is 6.71. The smallest absolute Gasteiger partial charge is 0.321 e. The lowest BCUT2D eigenvalue weighted by molar-refractivity contribution is -0.121. The average Bonchev–Trinajstić information content (AvgIpc) is 3.33. The summed E-state index contributed by atoms with van der Waals surface area (Å²) in [6, 6.07) is 6.39. The molecule has 5 nitrogen and oxygen atoms in total. The van der Waals surface area contributed by atoms with Crippen molar-refractivity contribution in [1.29, 1.82) is 0 Å². The Balaban J connectivity index is 1.81. The van der Waals surface area contributed by atoms with Crippen LogP contribution in [0, 0.1) is 11.7 Å². The van der Waals surface area contributed by atoms with Gasteiger partial charge < -0.3 is 5.32 Å². The van der Waals surface area contributed by atoms with Gasteiger partial charge in [-0.2, -0.15) is 0 Å². The third-order valence-electron chi connectivity index (χ3n) is 4.00. The van der Waals surface area contributed by atoms with Crippen molar-refractivity contribution in [2.45, 2.75) is 45.7 Å². The van der Waals surface area contributed by atoms with Crippen molar-refractivity contribution in [3.8, 4) is 0 Å². The Kier molecular flexibility index (Phi) is 6.73. The Morgan fingerprint density at radius 1 is 1.29 bits per heavy atom. The van der Waals surface area contributed by atoms with Crippen LogP contribution in [0.1, 0.15) is 38.7 Å². The van der Waals surface area contributed by atoms with Crippen LogP contribution in [-0.2, 0) is 11.3 Å². The van der Waals surface area contributed by atoms with Crippen LogP contribution in [-0.4, -0.2) is 36.0 Å². The van der Waals surface area contributed by atoms with Gasteiger partial charge in [0.15, 0.2) is 0 Å². The number of nitrogens with zero attached hydrogens (tertiary/aromatic N) is 1. The van der Waals surface area contributed by atoms with Crippen LogP contribution in [0.4, 0.5) is 9.18 Å². The molecule has 0 aromatic heterocycles. The minimum Gasteiger partial charge on any atom is -0.338 e. The molecule has 0 spiro atoms. The molecule has 0 saturated heterocycles. The lowest BCUT2D eigenvalue weighted by Gasteiger charge is -2.21. The molecular formula is C18H26FN3O2. The van der Waals surface area contributed by atoms with Crippen LogP contribution in [0.5, 0.6) is 0 Å². The average molecular weight is 335 g/mol. The molecule has 1 aromatic rings. The van der Waals surface area contributed by atoms with Crippen LogP contribution in [0.2, 0.25) is 0 Å². The first-order chi connectivity index (χ1) is 11.5. The quantitative estimate of drug-likeness (QED) is 0.768. The highest BCUT2D eigenvalue weighted by Gasteiger charge is 2.31. The minimum atomic E-state index is -0.470. The number of urea groups is 1. The molecule has 0 aliphatic heterocycles. The summed E-state index contributed by atoms with van der Waals surface area (Å²) in [6.45, 7) is 5.15. The van der Waals surface area contributed by atoms with Crippen LogP contribution in [0.3, 0.4) is 0 Å². The number of rotatable bonds is 8. The molecule has 0 heterocycles. The van der Waals surface area contributed by atoms with E-state index in [-0.39, 0.29) is 18.3 Å². The van der Waals surface area contributed by atoms with Crippen LogP contribution in [0.15, 0.2) is 24.3 Å². The monoisotopic (exact) mass is 335 g/mol. The molecule has 1 fully saturated rings. The Morgan fingerprint density at radius 2 is 2.00 bits per heavy atom. The van der Waals surface area contributed by atoms with Gasteiger partial charge in [-0.25, -0.2) is 9.18 Å². The van der Waals surface area contributed by atoms with Gasteiger partial charge in [-0.1, -0.05) is 32.0 Å². The van der Waals surface area contributed by atoms with Crippen molar-refractivity contribution in [2.75, 3.05) is 13.1 Å². The predicted molar refractivity (Wildman–Crippen MR) is 90.8 cm³/mol. The number of carbonyl (C=O) groups is 2. The van der Waals surface area contributed by atoms with Gasteiger partial charge in [0.1, 0.15) is 5.82 Å². The summed E-state index contributed by atoms with van der Waals surface area (Å²) in [5, 5.41) is 5.02. The van der Waals surface area contributed by atoms with E-state index in [0.29, 0.717) is 30.6 Å². The van der Waals surface area contributed by atoms with Crippen molar-refractivity contribution in [1.82, 2.24) is 15.5 Å². The van der Waals surface area contributed by atoms with E-state index in [4.69, 9.17) is 0 Å². The SMILES string of the molecule is CC(C)CCNC(=O)NC(=O)CN(Cc1ccccc1F)C1CC1. The van der Waals surface area contributed by atoms with Crippen molar-refractivity contribution in [3.05, 3.63) is 35.6 Å². The van der Waals surface area contributed by atoms with E-state index in [2.05, 4.69) is 24.5 Å². The number of amides is 3. The normalized spacial score (nSPS) is 14.0. The van der Waals surface area contributed by atoms with Crippen LogP contribution < -0.4 is 10.6 Å². The van der Waals surface area contributed by atoms with Crippen molar-refractivity contribution in [3.63, 3.8) is 0 Å². The molecule has 2 N–H and O–H groups in total. The first-order valence-electron chi connectivity index (χ1n) is 8.51. The number of nitrogens with one attached hydrogen (secondary N) is 2. The van der Waals surface area contributed by atoms with Gasteiger partial charge in [0.05, 0.1) is 6.54 Å². The minimum absolute atomic E-state index is 0.0939. The fraction of sp³-hybridized carbons (Fsp3) is 0.556. The maximum absolute atomic E-state index is 13.8. The molecule has 2 rings (SSSR count). The molecule has 24 heavy (non-hydrogen) atoms. The molecule has 1 aliphatic carbocycles.